The van der Waals surface area contributed by atoms with Crippen LogP contribution >= 0.6 is 0 Å². The number of aromatic nitrogens is 2. The van der Waals surface area contributed by atoms with Crippen LogP contribution in [0.2, 0.25) is 0 Å². The van der Waals surface area contributed by atoms with E-state index < -0.39 is 11.4 Å². The molecule has 6 nitrogen and oxygen atoms in total. The van der Waals surface area contributed by atoms with Crippen LogP contribution in [-0.4, -0.2) is 26.8 Å². The van der Waals surface area contributed by atoms with E-state index in [1.165, 1.54) is 0 Å². The van der Waals surface area contributed by atoms with Gasteiger partial charge in [0.2, 0.25) is 5.91 Å². The Bertz CT molecular complexity index is 731. The average Bonchev–Trinajstić information content (AvgIpc) is 2.84. The maximum absolute atomic E-state index is 12.2. The second-order valence-electron chi connectivity index (χ2n) is 5.90. The summed E-state index contributed by atoms with van der Waals surface area (Å²) >= 11 is 0. The van der Waals surface area contributed by atoms with Crippen LogP contribution in [0.25, 0.3) is 10.9 Å². The fourth-order valence-corrected chi connectivity index (χ4v) is 2.98. The second kappa shape index (κ2) is 5.44. The number of nitrogens with one attached hydrogen (secondary N) is 1. The summed E-state index contributed by atoms with van der Waals surface area (Å²) in [6, 6.07) is 5.59. The van der Waals surface area contributed by atoms with E-state index >= 15 is 0 Å². The SMILES string of the molecule is CCn1ncc2ccc(NC(=O)CC3(C(=O)O)CCC3)cc21. The molecule has 1 amide bonds. The summed E-state index contributed by atoms with van der Waals surface area (Å²) in [6.07, 6.45) is 3.86. The molecule has 0 unspecified atom stereocenters. The molecule has 116 valence electrons. The number of hydrogen-bond acceptors (Lipinski definition) is 3. The summed E-state index contributed by atoms with van der Waals surface area (Å²) in [5, 5.41) is 17.4. The molecule has 1 saturated carbocycles. The van der Waals surface area contributed by atoms with Gasteiger partial charge in [0.1, 0.15) is 0 Å². The van der Waals surface area contributed by atoms with Crippen LogP contribution < -0.4 is 5.32 Å². The maximum atomic E-state index is 12.2. The first kappa shape index (κ1) is 14.6. The highest BCUT2D eigenvalue weighted by atomic mass is 16.4. The van der Waals surface area contributed by atoms with Crippen molar-refractivity contribution in [1.29, 1.82) is 0 Å². The lowest BCUT2D eigenvalue weighted by molar-refractivity contribution is -0.157. The summed E-state index contributed by atoms with van der Waals surface area (Å²) in [5.41, 5.74) is 0.767. The van der Waals surface area contributed by atoms with E-state index in [1.54, 1.807) is 6.20 Å². The van der Waals surface area contributed by atoms with Crippen LogP contribution in [0, 0.1) is 5.41 Å². The number of aryl methyl sites for hydroxylation is 1. The smallest absolute Gasteiger partial charge is 0.310 e. The van der Waals surface area contributed by atoms with Crippen molar-refractivity contribution in [3.05, 3.63) is 24.4 Å². The van der Waals surface area contributed by atoms with E-state index in [0.717, 1.165) is 23.9 Å². The standard InChI is InChI=1S/C16H19N3O3/c1-2-19-13-8-12(5-4-11(13)10-17-19)18-14(20)9-16(15(21)22)6-3-7-16/h4-5,8,10H,2-3,6-7,9H2,1H3,(H,18,20)(H,21,22). The number of fused-ring (bicyclic) bond motifs is 1. The van der Waals surface area contributed by atoms with Crippen LogP contribution in [0.1, 0.15) is 32.6 Å². The summed E-state index contributed by atoms with van der Waals surface area (Å²) in [6.45, 7) is 2.76. The molecular formula is C16H19N3O3. The van der Waals surface area contributed by atoms with Gasteiger partial charge in [-0.15, -0.1) is 0 Å². The van der Waals surface area contributed by atoms with Gasteiger partial charge in [-0.25, -0.2) is 0 Å². The van der Waals surface area contributed by atoms with Crippen molar-refractivity contribution in [3.63, 3.8) is 0 Å². The Hall–Kier alpha value is -2.37. The zero-order valence-electron chi connectivity index (χ0n) is 12.5. The molecule has 1 heterocycles. The topological polar surface area (TPSA) is 84.2 Å². The quantitative estimate of drug-likeness (QED) is 0.889. The third-order valence-electron chi connectivity index (χ3n) is 4.49. The van der Waals surface area contributed by atoms with Crippen molar-refractivity contribution in [2.75, 3.05) is 5.32 Å². The second-order valence-corrected chi connectivity index (χ2v) is 5.90. The van der Waals surface area contributed by atoms with Gasteiger partial charge in [-0.1, -0.05) is 6.42 Å². The van der Waals surface area contributed by atoms with Crippen molar-refractivity contribution >= 4 is 28.5 Å². The number of carbonyl (C=O) groups is 2. The van der Waals surface area contributed by atoms with Crippen LogP contribution in [0.5, 0.6) is 0 Å². The number of aliphatic carboxylic acids is 1. The lowest BCUT2D eigenvalue weighted by Crippen LogP contribution is -2.41. The number of amides is 1. The summed E-state index contributed by atoms with van der Waals surface area (Å²) in [4.78, 5) is 23.5. The first-order valence-corrected chi connectivity index (χ1v) is 7.53. The zero-order chi connectivity index (χ0) is 15.7. The molecule has 2 N–H and O–H groups in total. The van der Waals surface area contributed by atoms with Gasteiger partial charge < -0.3 is 10.4 Å². The molecule has 0 atom stereocenters. The van der Waals surface area contributed by atoms with Gasteiger partial charge in [-0.2, -0.15) is 5.10 Å². The van der Waals surface area contributed by atoms with Gasteiger partial charge in [0, 0.05) is 24.0 Å². The summed E-state index contributed by atoms with van der Waals surface area (Å²) < 4.78 is 1.86. The highest BCUT2D eigenvalue weighted by molar-refractivity contribution is 5.96. The number of benzene rings is 1. The largest absolute Gasteiger partial charge is 0.481 e. The number of carboxylic acids is 1. The molecule has 0 aliphatic heterocycles. The molecule has 1 aliphatic carbocycles. The monoisotopic (exact) mass is 301 g/mol. The number of rotatable bonds is 5. The van der Waals surface area contributed by atoms with Crippen molar-refractivity contribution in [2.45, 2.75) is 39.2 Å². The highest BCUT2D eigenvalue weighted by Crippen LogP contribution is 2.44. The highest BCUT2D eigenvalue weighted by Gasteiger charge is 2.45. The molecular weight excluding hydrogens is 282 g/mol. The molecule has 3 rings (SSSR count). The van der Waals surface area contributed by atoms with Crippen LogP contribution in [0.15, 0.2) is 24.4 Å². The Labute approximate surface area is 128 Å². The Morgan fingerprint density at radius 2 is 2.18 bits per heavy atom. The molecule has 0 radical (unpaired) electrons. The molecule has 0 bridgehead atoms. The molecule has 1 aromatic carbocycles. The van der Waals surface area contributed by atoms with E-state index in [2.05, 4.69) is 10.4 Å². The fourth-order valence-electron chi connectivity index (χ4n) is 2.98. The van der Waals surface area contributed by atoms with Crippen molar-refractivity contribution in [2.24, 2.45) is 5.41 Å². The average molecular weight is 301 g/mol. The molecule has 1 aliphatic rings. The van der Waals surface area contributed by atoms with Gasteiger partial charge in [0.25, 0.3) is 0 Å². The van der Waals surface area contributed by atoms with Crippen molar-refractivity contribution in [1.82, 2.24) is 9.78 Å². The van der Waals surface area contributed by atoms with Gasteiger partial charge in [-0.05, 0) is 38.0 Å². The minimum atomic E-state index is -0.867. The van der Waals surface area contributed by atoms with E-state index in [1.807, 2.05) is 29.8 Å². The van der Waals surface area contributed by atoms with E-state index in [0.29, 0.717) is 18.5 Å². The van der Waals surface area contributed by atoms with Crippen LogP contribution in [-0.2, 0) is 16.1 Å². The molecule has 6 heteroatoms. The Kier molecular flexibility index (Phi) is 3.60. The normalized spacial score (nSPS) is 16.2. The van der Waals surface area contributed by atoms with Gasteiger partial charge in [-0.3, -0.25) is 14.3 Å². The van der Waals surface area contributed by atoms with Crippen LogP contribution in [0.4, 0.5) is 5.69 Å². The number of anilines is 1. The van der Waals surface area contributed by atoms with Gasteiger partial charge in [0.15, 0.2) is 0 Å². The third-order valence-corrected chi connectivity index (χ3v) is 4.49. The van der Waals surface area contributed by atoms with Crippen LogP contribution in [0.3, 0.4) is 0 Å². The first-order chi connectivity index (χ1) is 10.5. The molecule has 0 spiro atoms. The zero-order valence-corrected chi connectivity index (χ0v) is 12.5. The number of nitrogens with zero attached hydrogens (tertiary/aromatic N) is 2. The number of carboxylic acid groups (broad SMARTS) is 1. The Morgan fingerprint density at radius 3 is 2.77 bits per heavy atom. The third kappa shape index (κ3) is 2.45. The molecule has 2 aromatic rings. The predicted octanol–water partition coefficient (Wildman–Crippen LogP) is 2.64. The number of carbonyl (C=O) groups excluding carboxylic acids is 1. The van der Waals surface area contributed by atoms with Crippen molar-refractivity contribution < 1.29 is 14.7 Å². The fraction of sp³-hybridized carbons (Fsp3) is 0.438. The van der Waals surface area contributed by atoms with Crippen molar-refractivity contribution in [3.8, 4) is 0 Å². The Morgan fingerprint density at radius 1 is 1.41 bits per heavy atom. The molecule has 1 aromatic heterocycles. The lowest BCUT2D eigenvalue weighted by atomic mass is 9.66. The number of hydrogen-bond donors (Lipinski definition) is 2. The van der Waals surface area contributed by atoms with E-state index in [9.17, 15) is 14.7 Å². The van der Waals surface area contributed by atoms with Gasteiger partial charge >= 0.3 is 5.97 Å². The minimum absolute atomic E-state index is 0.0351. The first-order valence-electron chi connectivity index (χ1n) is 7.53. The van der Waals surface area contributed by atoms with Gasteiger partial charge in [0.05, 0.1) is 17.1 Å². The van der Waals surface area contributed by atoms with E-state index in [-0.39, 0.29) is 12.3 Å². The molecule has 22 heavy (non-hydrogen) atoms. The predicted molar refractivity (Wildman–Crippen MR) is 82.6 cm³/mol. The summed E-state index contributed by atoms with van der Waals surface area (Å²) in [7, 11) is 0. The lowest BCUT2D eigenvalue weighted by Gasteiger charge is -2.36. The summed E-state index contributed by atoms with van der Waals surface area (Å²) in [5.74, 6) is -1.11. The van der Waals surface area contributed by atoms with E-state index in [4.69, 9.17) is 0 Å². The molecule has 1 fully saturated rings. The minimum Gasteiger partial charge on any atom is -0.481 e. The maximum Gasteiger partial charge on any atom is 0.310 e. The Balaban J connectivity index is 1.75. The molecule has 0 saturated heterocycles.